The Morgan fingerprint density at radius 3 is 2.39 bits per heavy atom. The summed E-state index contributed by atoms with van der Waals surface area (Å²) in [7, 11) is 4.42. The highest BCUT2D eigenvalue weighted by Gasteiger charge is 2.17. The number of halogens is 1. The van der Waals surface area contributed by atoms with Crippen LogP contribution in [0.5, 0.6) is 0 Å². The molecule has 5 heteroatoms. The Hall–Kier alpha value is -1.27. The summed E-state index contributed by atoms with van der Waals surface area (Å²) in [6, 6.07) is 17.5. The molecule has 0 spiro atoms. The Labute approximate surface area is 180 Å². The molecule has 0 aliphatic carbocycles. The number of hydrogen-bond acceptors (Lipinski definition) is 3. The van der Waals surface area contributed by atoms with Crippen LogP contribution in [0.25, 0.3) is 10.9 Å². The van der Waals surface area contributed by atoms with Crippen LogP contribution in [-0.4, -0.2) is 54.1 Å². The Balaban J connectivity index is 1.54. The van der Waals surface area contributed by atoms with Crippen LogP contribution in [-0.2, 0) is 13.5 Å². The van der Waals surface area contributed by atoms with Crippen molar-refractivity contribution >= 4 is 38.6 Å². The van der Waals surface area contributed by atoms with E-state index >= 15 is 0 Å². The zero-order valence-electron chi connectivity index (χ0n) is 16.7. The van der Waals surface area contributed by atoms with Crippen molar-refractivity contribution in [3.8, 4) is 0 Å². The van der Waals surface area contributed by atoms with Gasteiger partial charge in [-0.1, -0.05) is 45.9 Å². The predicted octanol–water partition coefficient (Wildman–Crippen LogP) is 5.27. The molecule has 4 rings (SSSR count). The molecule has 1 aliphatic heterocycles. The normalized spacial score (nSPS) is 16.1. The molecule has 28 heavy (non-hydrogen) atoms. The van der Waals surface area contributed by atoms with Crippen LogP contribution < -0.4 is 0 Å². The lowest BCUT2D eigenvalue weighted by Crippen LogP contribution is -2.44. The Morgan fingerprint density at radius 1 is 0.929 bits per heavy atom. The van der Waals surface area contributed by atoms with E-state index in [1.54, 1.807) is 0 Å². The lowest BCUT2D eigenvalue weighted by Gasteiger charge is -2.32. The second kappa shape index (κ2) is 9.04. The van der Waals surface area contributed by atoms with Gasteiger partial charge in [0.1, 0.15) is 0 Å². The van der Waals surface area contributed by atoms with Gasteiger partial charge in [-0.25, -0.2) is 0 Å². The highest BCUT2D eigenvalue weighted by molar-refractivity contribution is 9.10. The number of fused-ring (bicyclic) bond motifs is 1. The van der Waals surface area contributed by atoms with Crippen LogP contribution in [0.2, 0.25) is 0 Å². The van der Waals surface area contributed by atoms with Gasteiger partial charge in [-0.15, -0.1) is 0 Å². The van der Waals surface area contributed by atoms with Crippen LogP contribution in [0.4, 0.5) is 0 Å². The minimum Gasteiger partial charge on any atom is -0.338 e. The summed E-state index contributed by atoms with van der Waals surface area (Å²) in [5, 5.41) is 2.78. The molecule has 0 atom stereocenters. The first-order valence-electron chi connectivity index (χ1n) is 10.0. The number of hydrogen-bond donors (Lipinski definition) is 0. The number of nitrogens with zero attached hydrogens (tertiary/aromatic N) is 3. The van der Waals surface area contributed by atoms with E-state index < -0.39 is 0 Å². The Bertz CT molecular complexity index is 927. The zero-order chi connectivity index (χ0) is 19.5. The first-order chi connectivity index (χ1) is 13.6. The summed E-state index contributed by atoms with van der Waals surface area (Å²) < 4.78 is 3.49. The van der Waals surface area contributed by atoms with Gasteiger partial charge >= 0.3 is 0 Å². The van der Waals surface area contributed by atoms with Crippen molar-refractivity contribution in [2.24, 2.45) is 7.05 Å². The predicted molar refractivity (Wildman–Crippen MR) is 123 cm³/mol. The number of aromatic nitrogens is 1. The molecular formula is C23H28BrN3S. The molecule has 3 nitrogen and oxygen atoms in total. The first-order valence-corrected chi connectivity index (χ1v) is 11.6. The maximum absolute atomic E-state index is 3.54. The van der Waals surface area contributed by atoms with E-state index in [2.05, 4.69) is 92.9 Å². The maximum atomic E-state index is 3.54. The van der Waals surface area contributed by atoms with Crippen molar-refractivity contribution in [2.45, 2.75) is 22.8 Å². The highest BCUT2D eigenvalue weighted by atomic mass is 79.9. The molecule has 0 N–H and O–H groups in total. The van der Waals surface area contributed by atoms with E-state index in [9.17, 15) is 0 Å². The van der Waals surface area contributed by atoms with Crippen molar-refractivity contribution in [1.82, 2.24) is 14.4 Å². The molecule has 2 aromatic carbocycles. The van der Waals surface area contributed by atoms with E-state index in [1.165, 1.54) is 65.5 Å². The monoisotopic (exact) mass is 457 g/mol. The summed E-state index contributed by atoms with van der Waals surface area (Å²) in [5.74, 6) is 0. The third-order valence-electron chi connectivity index (χ3n) is 5.68. The van der Waals surface area contributed by atoms with Crippen LogP contribution in [0.15, 0.2) is 62.9 Å². The van der Waals surface area contributed by atoms with Gasteiger partial charge in [-0.05, 0) is 62.3 Å². The summed E-state index contributed by atoms with van der Waals surface area (Å²) in [5.41, 5.74) is 2.83. The molecule has 0 bridgehead atoms. The fraction of sp³-hybridized carbons (Fsp3) is 0.391. The first kappa shape index (κ1) is 20.0. The van der Waals surface area contributed by atoms with Gasteiger partial charge in [0.25, 0.3) is 0 Å². The third-order valence-corrected chi connectivity index (χ3v) is 7.43. The molecule has 1 aromatic heterocycles. The largest absolute Gasteiger partial charge is 0.338 e. The fourth-order valence-electron chi connectivity index (χ4n) is 3.99. The number of para-hydroxylation sites is 1. The topological polar surface area (TPSA) is 11.4 Å². The van der Waals surface area contributed by atoms with Crippen LogP contribution >= 0.6 is 27.7 Å². The average molecular weight is 458 g/mol. The molecule has 0 amide bonds. The molecule has 1 fully saturated rings. The molecule has 148 valence electrons. The minimum absolute atomic E-state index is 1.13. The molecule has 0 radical (unpaired) electrons. The molecule has 2 heterocycles. The number of rotatable bonds is 6. The maximum Gasteiger partial charge on any atom is 0.0837 e. The van der Waals surface area contributed by atoms with Crippen molar-refractivity contribution in [3.05, 3.63) is 58.6 Å². The SMILES string of the molecule is CN1CCN(CCCc2c(Sc3ccc(Br)cc3)n(C)c3ccccc23)CC1. The van der Waals surface area contributed by atoms with Gasteiger partial charge in [0, 0.05) is 53.5 Å². The smallest absolute Gasteiger partial charge is 0.0837 e. The van der Waals surface area contributed by atoms with E-state index in [0.717, 1.165) is 10.9 Å². The molecule has 1 saturated heterocycles. The van der Waals surface area contributed by atoms with Crippen molar-refractivity contribution in [2.75, 3.05) is 39.8 Å². The van der Waals surface area contributed by atoms with Gasteiger partial charge in [0.15, 0.2) is 0 Å². The number of benzene rings is 2. The van der Waals surface area contributed by atoms with Crippen molar-refractivity contribution in [1.29, 1.82) is 0 Å². The number of piperazine rings is 1. The van der Waals surface area contributed by atoms with Gasteiger partial charge in [-0.2, -0.15) is 0 Å². The quantitative estimate of drug-likeness (QED) is 0.499. The van der Waals surface area contributed by atoms with E-state index in [-0.39, 0.29) is 0 Å². The molecular weight excluding hydrogens is 430 g/mol. The zero-order valence-corrected chi connectivity index (χ0v) is 19.1. The van der Waals surface area contributed by atoms with Crippen LogP contribution in [0.3, 0.4) is 0 Å². The van der Waals surface area contributed by atoms with Crippen molar-refractivity contribution < 1.29 is 0 Å². The number of likely N-dealkylation sites (N-methyl/N-ethyl adjacent to an activating group) is 1. The van der Waals surface area contributed by atoms with Crippen LogP contribution in [0.1, 0.15) is 12.0 Å². The molecule has 3 aromatic rings. The average Bonchev–Trinajstić information content (AvgIpc) is 2.97. The Morgan fingerprint density at radius 2 is 1.64 bits per heavy atom. The van der Waals surface area contributed by atoms with Crippen LogP contribution in [0, 0.1) is 0 Å². The molecule has 0 unspecified atom stereocenters. The fourth-order valence-corrected chi connectivity index (χ4v) is 5.32. The van der Waals surface area contributed by atoms with E-state index in [0.29, 0.717) is 0 Å². The number of aryl methyl sites for hydroxylation is 2. The minimum atomic E-state index is 1.13. The summed E-state index contributed by atoms with van der Waals surface area (Å²) in [4.78, 5) is 6.33. The van der Waals surface area contributed by atoms with Gasteiger partial charge in [-0.3, -0.25) is 0 Å². The van der Waals surface area contributed by atoms with Gasteiger partial charge in [0.2, 0.25) is 0 Å². The summed E-state index contributed by atoms with van der Waals surface area (Å²) >= 11 is 5.42. The summed E-state index contributed by atoms with van der Waals surface area (Å²) in [6.45, 7) is 5.98. The van der Waals surface area contributed by atoms with E-state index in [4.69, 9.17) is 0 Å². The highest BCUT2D eigenvalue weighted by Crippen LogP contribution is 2.37. The van der Waals surface area contributed by atoms with E-state index in [1.807, 2.05) is 11.8 Å². The third kappa shape index (κ3) is 4.48. The lowest BCUT2D eigenvalue weighted by atomic mass is 10.1. The molecule has 1 aliphatic rings. The molecule has 0 saturated carbocycles. The van der Waals surface area contributed by atoms with Gasteiger partial charge < -0.3 is 14.4 Å². The van der Waals surface area contributed by atoms with Crippen molar-refractivity contribution in [3.63, 3.8) is 0 Å². The second-order valence-corrected chi connectivity index (χ2v) is 9.64. The standard InChI is InChI=1S/C23H28BrN3S/c1-25-14-16-27(17-15-25)13-5-7-21-20-6-3-4-8-22(20)26(2)23(21)28-19-11-9-18(24)10-12-19/h3-4,6,8-12H,5,7,13-17H2,1-2H3. The lowest BCUT2D eigenvalue weighted by molar-refractivity contribution is 0.153. The van der Waals surface area contributed by atoms with Gasteiger partial charge in [0.05, 0.1) is 5.03 Å². The summed E-state index contributed by atoms with van der Waals surface area (Å²) in [6.07, 6.45) is 2.35. The second-order valence-electron chi connectivity index (χ2n) is 7.66. The Kier molecular flexibility index (Phi) is 6.46.